The first-order valence-corrected chi connectivity index (χ1v) is 9.36. The van der Waals surface area contributed by atoms with Gasteiger partial charge in [0.15, 0.2) is 0 Å². The van der Waals surface area contributed by atoms with E-state index in [1.165, 1.54) is 12.1 Å². The summed E-state index contributed by atoms with van der Waals surface area (Å²) < 4.78 is 13.5. The van der Waals surface area contributed by atoms with Gasteiger partial charge in [-0.1, -0.05) is 56.3 Å². The first-order valence-electron chi connectivity index (χ1n) is 9.36. The Labute approximate surface area is 169 Å². The number of benzene rings is 2. The van der Waals surface area contributed by atoms with Gasteiger partial charge >= 0.3 is 6.03 Å². The molecule has 29 heavy (non-hydrogen) atoms. The predicted octanol–water partition coefficient (Wildman–Crippen LogP) is 2.69. The van der Waals surface area contributed by atoms with Crippen LogP contribution in [0.15, 0.2) is 54.6 Å². The number of imide groups is 1. The molecule has 7 heteroatoms. The molecule has 2 aromatic rings. The third-order valence-corrected chi connectivity index (χ3v) is 5.26. The van der Waals surface area contributed by atoms with E-state index in [2.05, 4.69) is 10.6 Å². The summed E-state index contributed by atoms with van der Waals surface area (Å²) in [6.45, 7) is 5.22. The summed E-state index contributed by atoms with van der Waals surface area (Å²) in [7, 11) is 0. The lowest BCUT2D eigenvalue weighted by atomic mass is 9.84. The Kier molecular flexibility index (Phi) is 5.42. The minimum absolute atomic E-state index is 0.231. The Bertz CT molecular complexity index is 945. The molecule has 1 aliphatic heterocycles. The summed E-state index contributed by atoms with van der Waals surface area (Å²) >= 11 is 0. The van der Waals surface area contributed by atoms with Gasteiger partial charge in [0.2, 0.25) is 5.91 Å². The van der Waals surface area contributed by atoms with E-state index < -0.39 is 28.8 Å². The highest BCUT2D eigenvalue weighted by Gasteiger charge is 2.49. The van der Waals surface area contributed by atoms with Crippen LogP contribution in [0.3, 0.4) is 0 Å². The van der Waals surface area contributed by atoms with Crippen LogP contribution in [0.25, 0.3) is 0 Å². The number of urea groups is 1. The quantitative estimate of drug-likeness (QED) is 0.736. The van der Waals surface area contributed by atoms with Gasteiger partial charge in [-0.05, 0) is 30.2 Å². The molecular formula is C22H24FN3O3. The molecule has 152 valence electrons. The van der Waals surface area contributed by atoms with Crippen LogP contribution in [0.1, 0.15) is 31.9 Å². The Morgan fingerprint density at radius 3 is 2.48 bits per heavy atom. The van der Waals surface area contributed by atoms with Crippen LogP contribution in [0, 0.1) is 5.82 Å². The number of hydrogen-bond acceptors (Lipinski definition) is 3. The normalized spacial score (nSPS) is 19.2. The molecule has 0 unspecified atom stereocenters. The summed E-state index contributed by atoms with van der Waals surface area (Å²) in [6.07, 6.45) is 0. The molecule has 1 saturated heterocycles. The van der Waals surface area contributed by atoms with Gasteiger partial charge < -0.3 is 10.6 Å². The van der Waals surface area contributed by atoms with Crippen molar-refractivity contribution in [2.24, 2.45) is 0 Å². The van der Waals surface area contributed by atoms with Gasteiger partial charge in [0, 0.05) is 12.0 Å². The largest absolute Gasteiger partial charge is 0.354 e. The maximum atomic E-state index is 13.5. The van der Waals surface area contributed by atoms with Gasteiger partial charge in [0.05, 0.1) is 0 Å². The van der Waals surface area contributed by atoms with E-state index in [9.17, 15) is 18.8 Å². The zero-order valence-electron chi connectivity index (χ0n) is 16.7. The number of hydrogen-bond donors (Lipinski definition) is 2. The molecule has 0 radical (unpaired) electrons. The summed E-state index contributed by atoms with van der Waals surface area (Å²) in [4.78, 5) is 38.5. The van der Waals surface area contributed by atoms with Crippen molar-refractivity contribution in [3.63, 3.8) is 0 Å². The Morgan fingerprint density at radius 2 is 1.83 bits per heavy atom. The van der Waals surface area contributed by atoms with Gasteiger partial charge in [-0.2, -0.15) is 0 Å². The summed E-state index contributed by atoms with van der Waals surface area (Å²) in [5.41, 5.74) is -0.342. The second-order valence-electron chi connectivity index (χ2n) is 7.98. The van der Waals surface area contributed by atoms with Crippen molar-refractivity contribution < 1.29 is 18.8 Å². The lowest BCUT2D eigenvalue weighted by molar-refractivity contribution is -0.134. The molecule has 0 aromatic heterocycles. The van der Waals surface area contributed by atoms with Crippen LogP contribution < -0.4 is 10.6 Å². The van der Waals surface area contributed by atoms with E-state index in [0.29, 0.717) is 5.56 Å². The van der Waals surface area contributed by atoms with Gasteiger partial charge in [-0.25, -0.2) is 9.18 Å². The number of nitrogens with zero attached hydrogens (tertiary/aromatic N) is 1. The highest BCUT2D eigenvalue weighted by molar-refractivity contribution is 6.09. The molecule has 2 aromatic carbocycles. The van der Waals surface area contributed by atoms with Crippen LogP contribution in [0.2, 0.25) is 0 Å². The molecule has 1 aliphatic rings. The van der Waals surface area contributed by atoms with E-state index in [-0.39, 0.29) is 18.9 Å². The fourth-order valence-corrected chi connectivity index (χ4v) is 3.34. The zero-order chi connectivity index (χ0) is 21.2. The zero-order valence-corrected chi connectivity index (χ0v) is 16.7. The smallest absolute Gasteiger partial charge is 0.325 e. The van der Waals surface area contributed by atoms with Crippen molar-refractivity contribution in [1.29, 1.82) is 0 Å². The van der Waals surface area contributed by atoms with E-state index in [1.54, 1.807) is 43.3 Å². The minimum atomic E-state index is -1.21. The van der Waals surface area contributed by atoms with Crippen molar-refractivity contribution >= 4 is 17.8 Å². The van der Waals surface area contributed by atoms with Gasteiger partial charge in [0.25, 0.3) is 5.91 Å². The molecule has 0 bridgehead atoms. The number of nitrogens with one attached hydrogen (secondary N) is 2. The van der Waals surface area contributed by atoms with Crippen LogP contribution >= 0.6 is 0 Å². The Hall–Kier alpha value is -3.22. The standard InChI is InChI=1S/C22H24FN3O3/c1-21(2,16-10-7-11-17(23)12-16)14-24-18(27)13-26-19(28)22(3,25-20(26)29)15-8-5-4-6-9-15/h4-12H,13-14H2,1-3H3,(H,24,27)(H,25,29)/t22-/m0/s1. The summed E-state index contributed by atoms with van der Waals surface area (Å²) in [5, 5.41) is 5.41. The lowest BCUT2D eigenvalue weighted by Crippen LogP contribution is -2.45. The first-order chi connectivity index (χ1) is 13.6. The van der Waals surface area contributed by atoms with Crippen LogP contribution in [0.5, 0.6) is 0 Å². The lowest BCUT2D eigenvalue weighted by Gasteiger charge is -2.26. The fourth-order valence-electron chi connectivity index (χ4n) is 3.34. The summed E-state index contributed by atoms with van der Waals surface area (Å²) in [6, 6.07) is 14.5. The van der Waals surface area contributed by atoms with Crippen LogP contribution in [0.4, 0.5) is 9.18 Å². The SMILES string of the molecule is CC(C)(CNC(=O)CN1C(=O)N[C@@](C)(c2ccccc2)C1=O)c1cccc(F)c1. The number of carbonyl (C=O) groups excluding carboxylic acids is 3. The number of rotatable bonds is 6. The average Bonchev–Trinajstić information content (AvgIpc) is 2.91. The Morgan fingerprint density at radius 1 is 1.14 bits per heavy atom. The van der Waals surface area contributed by atoms with Crippen LogP contribution in [-0.4, -0.2) is 35.8 Å². The maximum absolute atomic E-state index is 13.5. The number of carbonyl (C=O) groups is 3. The van der Waals surface area contributed by atoms with Crippen molar-refractivity contribution in [3.05, 3.63) is 71.5 Å². The third-order valence-electron chi connectivity index (χ3n) is 5.26. The average molecular weight is 397 g/mol. The molecule has 4 amide bonds. The van der Waals surface area contributed by atoms with Crippen molar-refractivity contribution in [2.45, 2.75) is 31.7 Å². The predicted molar refractivity (Wildman–Crippen MR) is 106 cm³/mol. The molecule has 0 saturated carbocycles. The summed E-state index contributed by atoms with van der Waals surface area (Å²) in [5.74, 6) is -1.29. The topological polar surface area (TPSA) is 78.5 Å². The molecule has 1 atom stereocenters. The molecular weight excluding hydrogens is 373 g/mol. The number of amides is 4. The Balaban J connectivity index is 1.65. The third kappa shape index (κ3) is 4.13. The molecule has 1 fully saturated rings. The van der Waals surface area contributed by atoms with Crippen molar-refractivity contribution in [3.8, 4) is 0 Å². The van der Waals surface area contributed by atoms with E-state index >= 15 is 0 Å². The fraction of sp³-hybridized carbons (Fsp3) is 0.318. The molecule has 0 spiro atoms. The first kappa shape index (κ1) is 20.5. The second-order valence-corrected chi connectivity index (χ2v) is 7.98. The van der Waals surface area contributed by atoms with Crippen LogP contribution in [-0.2, 0) is 20.5 Å². The van der Waals surface area contributed by atoms with Crippen molar-refractivity contribution in [2.75, 3.05) is 13.1 Å². The second kappa shape index (κ2) is 7.66. The number of halogens is 1. The highest BCUT2D eigenvalue weighted by atomic mass is 19.1. The molecule has 0 aliphatic carbocycles. The van der Waals surface area contributed by atoms with Gasteiger partial charge in [-0.15, -0.1) is 0 Å². The molecule has 3 rings (SSSR count). The van der Waals surface area contributed by atoms with Crippen molar-refractivity contribution in [1.82, 2.24) is 15.5 Å². The van der Waals surface area contributed by atoms with E-state index in [4.69, 9.17) is 0 Å². The van der Waals surface area contributed by atoms with E-state index in [0.717, 1.165) is 10.5 Å². The van der Waals surface area contributed by atoms with E-state index in [1.807, 2.05) is 19.9 Å². The highest BCUT2D eigenvalue weighted by Crippen LogP contribution is 2.28. The van der Waals surface area contributed by atoms with Gasteiger partial charge in [-0.3, -0.25) is 14.5 Å². The van der Waals surface area contributed by atoms with Gasteiger partial charge in [0.1, 0.15) is 17.9 Å². The maximum Gasteiger partial charge on any atom is 0.325 e. The molecule has 6 nitrogen and oxygen atoms in total. The monoisotopic (exact) mass is 397 g/mol. The minimum Gasteiger partial charge on any atom is -0.354 e. The molecule has 2 N–H and O–H groups in total. The molecule has 1 heterocycles.